The number of ether oxygens (including phenoxy) is 4. The third kappa shape index (κ3) is 7.37. The van der Waals surface area contributed by atoms with Crippen LogP contribution in [0, 0.1) is 6.92 Å². The van der Waals surface area contributed by atoms with E-state index < -0.39 is 23.7 Å². The van der Waals surface area contributed by atoms with Gasteiger partial charge >= 0.3 is 11.9 Å². The largest absolute Gasteiger partial charge is 0.507 e. The van der Waals surface area contributed by atoms with Gasteiger partial charge in [-0.1, -0.05) is 68.9 Å². The molecule has 2 aromatic carbocycles. The van der Waals surface area contributed by atoms with Crippen molar-refractivity contribution in [1.29, 1.82) is 0 Å². The number of benzene rings is 2. The Kier molecular flexibility index (Phi) is 11.4. The van der Waals surface area contributed by atoms with E-state index in [1.807, 2.05) is 6.92 Å². The highest BCUT2D eigenvalue weighted by Gasteiger charge is 2.48. The smallest absolute Gasteiger partial charge is 0.350 e. The van der Waals surface area contributed by atoms with Gasteiger partial charge in [-0.15, -0.1) is 0 Å². The van der Waals surface area contributed by atoms with Crippen molar-refractivity contribution in [3.8, 4) is 17.2 Å². The van der Waals surface area contributed by atoms with Crippen molar-refractivity contribution in [2.24, 2.45) is 0 Å². The summed E-state index contributed by atoms with van der Waals surface area (Å²) in [6, 6.07) is 10.7. The Balaban J connectivity index is 1.86. The van der Waals surface area contributed by atoms with Crippen LogP contribution in [-0.4, -0.2) is 54.7 Å². The summed E-state index contributed by atoms with van der Waals surface area (Å²) in [4.78, 5) is 46.0. The lowest BCUT2D eigenvalue weighted by molar-refractivity contribution is -0.132. The van der Waals surface area contributed by atoms with Crippen molar-refractivity contribution >= 4 is 39.9 Å². The van der Waals surface area contributed by atoms with Gasteiger partial charge < -0.3 is 24.1 Å². The predicted octanol–water partition coefficient (Wildman–Crippen LogP) is 6.79. The molecule has 238 valence electrons. The lowest BCUT2D eigenvalue weighted by Crippen LogP contribution is -2.29. The number of hydrogen-bond acceptors (Lipinski definition) is 10. The number of rotatable bonds is 15. The van der Waals surface area contributed by atoms with Crippen LogP contribution in [0.3, 0.4) is 0 Å². The number of amides is 1. The molecular weight excluding hydrogens is 596 g/mol. The van der Waals surface area contributed by atoms with E-state index >= 15 is 0 Å². The number of aromatic nitrogens is 1. The van der Waals surface area contributed by atoms with Gasteiger partial charge in [-0.2, -0.15) is 0 Å². The van der Waals surface area contributed by atoms with Crippen molar-refractivity contribution in [2.75, 3.05) is 31.8 Å². The number of unbranched alkanes of at least 4 members (excludes halogenated alkanes) is 2. The molecule has 1 aromatic heterocycles. The summed E-state index contributed by atoms with van der Waals surface area (Å²) in [6.45, 7) is 10.2. The topological polar surface area (TPSA) is 124 Å². The van der Waals surface area contributed by atoms with Gasteiger partial charge in [0.15, 0.2) is 16.6 Å². The van der Waals surface area contributed by atoms with E-state index in [2.05, 4.69) is 18.5 Å². The van der Waals surface area contributed by atoms with Crippen molar-refractivity contribution in [2.45, 2.75) is 52.5 Å². The summed E-state index contributed by atoms with van der Waals surface area (Å²) in [5, 5.41) is 11.7. The first kappa shape index (κ1) is 33.3. The number of Topliss-reactive ketones (excluding diaryl/α,β-unsaturated/α-hetero) is 1. The number of aliphatic hydroxyl groups excluding tert-OH is 1. The number of thiazole rings is 1. The Morgan fingerprint density at radius 1 is 1.07 bits per heavy atom. The van der Waals surface area contributed by atoms with Gasteiger partial charge in [-0.05, 0) is 49.6 Å². The summed E-state index contributed by atoms with van der Waals surface area (Å²) < 4.78 is 22.5. The van der Waals surface area contributed by atoms with Crippen molar-refractivity contribution < 1.29 is 38.4 Å². The third-order valence-corrected chi connectivity index (χ3v) is 8.18. The second-order valence-corrected chi connectivity index (χ2v) is 11.3. The van der Waals surface area contributed by atoms with E-state index in [0.717, 1.165) is 37.0 Å². The maximum atomic E-state index is 13.7. The van der Waals surface area contributed by atoms with Gasteiger partial charge in [-0.3, -0.25) is 14.5 Å². The molecule has 0 bridgehead atoms. The van der Waals surface area contributed by atoms with Gasteiger partial charge in [0.2, 0.25) is 0 Å². The maximum Gasteiger partial charge on any atom is 0.350 e. The number of aryl methyl sites for hydroxylation is 1. The Morgan fingerprint density at radius 2 is 1.87 bits per heavy atom. The third-order valence-electron chi connectivity index (χ3n) is 7.04. The lowest BCUT2D eigenvalue weighted by atomic mass is 9.95. The monoisotopic (exact) mass is 634 g/mol. The molecule has 10 nitrogen and oxygen atoms in total. The average molecular weight is 635 g/mol. The van der Waals surface area contributed by atoms with Crippen LogP contribution in [0.4, 0.5) is 5.13 Å². The Hall–Kier alpha value is -4.64. The Labute approximate surface area is 266 Å². The summed E-state index contributed by atoms with van der Waals surface area (Å²) in [7, 11) is 1.50. The number of anilines is 1. The molecule has 0 aliphatic carbocycles. The predicted molar refractivity (Wildman–Crippen MR) is 172 cm³/mol. The van der Waals surface area contributed by atoms with E-state index in [-0.39, 0.29) is 27.9 Å². The molecule has 1 saturated heterocycles. The highest BCUT2D eigenvalue weighted by Crippen LogP contribution is 2.45. The maximum absolute atomic E-state index is 13.7. The summed E-state index contributed by atoms with van der Waals surface area (Å²) >= 11 is 0.922. The number of nitrogens with zero attached hydrogens (tertiary/aromatic N) is 2. The van der Waals surface area contributed by atoms with E-state index in [4.69, 9.17) is 18.9 Å². The zero-order valence-electron chi connectivity index (χ0n) is 26.0. The molecule has 3 aromatic rings. The lowest BCUT2D eigenvalue weighted by Gasteiger charge is -2.24. The second-order valence-electron chi connectivity index (χ2n) is 10.3. The molecule has 1 aliphatic rings. The van der Waals surface area contributed by atoms with Crippen molar-refractivity contribution in [1.82, 2.24) is 4.98 Å². The molecule has 1 amide bonds. The van der Waals surface area contributed by atoms with Crippen LogP contribution in [0.2, 0.25) is 0 Å². The van der Waals surface area contributed by atoms with Crippen LogP contribution < -0.4 is 19.1 Å². The average Bonchev–Trinajstić information content (AvgIpc) is 3.56. The first-order valence-corrected chi connectivity index (χ1v) is 15.7. The normalized spacial score (nSPS) is 15.6. The zero-order chi connectivity index (χ0) is 32.5. The van der Waals surface area contributed by atoms with E-state index in [0.29, 0.717) is 47.3 Å². The quantitative estimate of drug-likeness (QED) is 0.0481. The van der Waals surface area contributed by atoms with E-state index in [9.17, 15) is 19.5 Å². The van der Waals surface area contributed by atoms with Crippen LogP contribution in [0.5, 0.6) is 17.2 Å². The molecule has 0 spiro atoms. The van der Waals surface area contributed by atoms with Crippen molar-refractivity contribution in [3.63, 3.8) is 0 Å². The summed E-state index contributed by atoms with van der Waals surface area (Å²) in [5.74, 6) is -1.39. The van der Waals surface area contributed by atoms with Crippen LogP contribution in [-0.2, 0) is 14.3 Å². The number of carbonyl (C=O) groups excluding carboxylic acids is 3. The van der Waals surface area contributed by atoms with Crippen molar-refractivity contribution in [3.05, 3.63) is 82.4 Å². The van der Waals surface area contributed by atoms with Crippen LogP contribution in [0.15, 0.2) is 60.7 Å². The fourth-order valence-electron chi connectivity index (χ4n) is 4.84. The minimum Gasteiger partial charge on any atom is -0.507 e. The highest BCUT2D eigenvalue weighted by atomic mass is 32.1. The van der Waals surface area contributed by atoms with Gasteiger partial charge in [0, 0.05) is 5.56 Å². The molecule has 1 atom stereocenters. The van der Waals surface area contributed by atoms with Gasteiger partial charge in [0.05, 0.1) is 37.6 Å². The summed E-state index contributed by atoms with van der Waals surface area (Å²) in [5.41, 5.74) is 0.961. The molecule has 1 unspecified atom stereocenters. The Morgan fingerprint density at radius 3 is 2.58 bits per heavy atom. The van der Waals surface area contributed by atoms with Crippen LogP contribution in [0.1, 0.15) is 72.1 Å². The van der Waals surface area contributed by atoms with Gasteiger partial charge in [-0.25, -0.2) is 9.78 Å². The first-order valence-electron chi connectivity index (χ1n) is 14.9. The first-order chi connectivity index (χ1) is 21.7. The molecule has 0 radical (unpaired) electrons. The molecule has 45 heavy (non-hydrogen) atoms. The fraction of sp³-hybridized carbons (Fsp3) is 0.353. The number of hydrogen-bond donors (Lipinski definition) is 1. The van der Waals surface area contributed by atoms with Gasteiger partial charge in [0.1, 0.15) is 23.0 Å². The van der Waals surface area contributed by atoms with Crippen LogP contribution in [0.25, 0.3) is 5.76 Å². The Bertz CT molecular complexity index is 1590. The zero-order valence-corrected chi connectivity index (χ0v) is 26.8. The summed E-state index contributed by atoms with van der Waals surface area (Å²) in [6.07, 6.45) is 5.19. The second kappa shape index (κ2) is 15.4. The fourth-order valence-corrected chi connectivity index (χ4v) is 5.82. The number of carbonyl (C=O) groups is 3. The molecule has 4 rings (SSSR count). The molecule has 2 heterocycles. The SMILES string of the molecule is C=CCOC(=O)c1sc(N2C(=O)C(=O)C(=C(O)c3cccc(OCCC)c3)C2c2ccc(OCCCCC)c(OC)c2)nc1C. The number of aliphatic hydroxyl groups is 1. The standard InChI is InChI=1S/C34H38N2O8S/c1-6-9-10-18-43-25-15-14-22(20-26(25)41-5)28-27(29(37)23-12-11-13-24(19-23)42-16-7-2)30(38)32(39)36(28)34-35-21(4)31(45-34)33(40)44-17-8-3/h8,11-15,19-20,28,37H,3,6-7,9-10,16-18H2,1-2,4-5H3. The minimum absolute atomic E-state index is 0.00368. The molecule has 11 heteroatoms. The van der Waals surface area contributed by atoms with Crippen LogP contribution >= 0.6 is 11.3 Å². The molecule has 1 N–H and O–H groups in total. The minimum atomic E-state index is -1.10. The van der Waals surface area contributed by atoms with Gasteiger partial charge in [0.25, 0.3) is 5.78 Å². The molecule has 0 saturated carbocycles. The van der Waals surface area contributed by atoms with E-state index in [1.165, 1.54) is 18.1 Å². The number of ketones is 1. The van der Waals surface area contributed by atoms with E-state index in [1.54, 1.807) is 49.4 Å². The highest BCUT2D eigenvalue weighted by molar-refractivity contribution is 7.17. The molecule has 1 aliphatic heterocycles. The number of esters is 1. The molecule has 1 fully saturated rings. The number of methoxy groups -OCH3 is 1. The molecular formula is C34H38N2O8S.